The number of nitrogens with zero attached hydrogens (tertiary/aromatic N) is 1. The second-order valence-corrected chi connectivity index (χ2v) is 3.89. The molecule has 0 aliphatic heterocycles. The van der Waals surface area contributed by atoms with Crippen LogP contribution in [0, 0.1) is 10.1 Å². The number of nitro benzene ring substituents is 1. The van der Waals surface area contributed by atoms with Crippen LogP contribution in [0.15, 0.2) is 41.2 Å². The van der Waals surface area contributed by atoms with Gasteiger partial charge in [0.15, 0.2) is 0 Å². The number of nitro groups is 1. The van der Waals surface area contributed by atoms with Gasteiger partial charge in [-0.15, -0.1) is 0 Å². The van der Waals surface area contributed by atoms with E-state index in [1.807, 2.05) is 5.43 Å². The summed E-state index contributed by atoms with van der Waals surface area (Å²) >= 11 is 0. The van der Waals surface area contributed by atoms with Crippen LogP contribution in [0.1, 0.15) is 10.4 Å². The number of hydrogen-bond acceptors (Lipinski definition) is 5. The van der Waals surface area contributed by atoms with E-state index in [9.17, 15) is 19.7 Å². The molecule has 8 heteroatoms. The van der Waals surface area contributed by atoms with Gasteiger partial charge in [0.25, 0.3) is 17.2 Å². The average Bonchev–Trinajstić information content (AvgIpc) is 2.46. The average molecular weight is 274 g/mol. The van der Waals surface area contributed by atoms with E-state index in [0.717, 1.165) is 0 Å². The van der Waals surface area contributed by atoms with Crippen LogP contribution >= 0.6 is 0 Å². The van der Waals surface area contributed by atoms with Crippen molar-refractivity contribution in [3.63, 3.8) is 0 Å². The third kappa shape index (κ3) is 2.54. The topological polar surface area (TPSA) is 131 Å². The first-order valence-electron chi connectivity index (χ1n) is 5.52. The van der Waals surface area contributed by atoms with Gasteiger partial charge in [0.2, 0.25) is 0 Å². The van der Waals surface area contributed by atoms with Gasteiger partial charge in [0.05, 0.1) is 4.92 Å². The normalized spacial score (nSPS) is 10.1. The third-order valence-electron chi connectivity index (χ3n) is 2.67. The fourth-order valence-corrected chi connectivity index (χ4v) is 1.66. The summed E-state index contributed by atoms with van der Waals surface area (Å²) in [6.07, 6.45) is 0. The second kappa shape index (κ2) is 5.33. The molecule has 0 fully saturated rings. The Hall–Kier alpha value is -3.00. The number of non-ortho nitro benzene ring substituents is 1. The molecule has 4 N–H and O–H groups in total. The number of nitrogens with one attached hydrogen (secondary N) is 2. The van der Waals surface area contributed by atoms with E-state index in [1.54, 1.807) is 0 Å². The summed E-state index contributed by atoms with van der Waals surface area (Å²) in [7, 11) is 0. The number of aromatic nitrogens is 1. The maximum atomic E-state index is 11.7. The molecular weight excluding hydrogens is 264 g/mol. The lowest BCUT2D eigenvalue weighted by molar-refractivity contribution is -0.384. The van der Waals surface area contributed by atoms with Gasteiger partial charge in [0.1, 0.15) is 5.56 Å². The fourth-order valence-electron chi connectivity index (χ4n) is 1.66. The molecule has 1 heterocycles. The highest BCUT2D eigenvalue weighted by Gasteiger charge is 2.10. The first-order chi connectivity index (χ1) is 9.52. The number of benzene rings is 1. The quantitative estimate of drug-likeness (QED) is 0.325. The first kappa shape index (κ1) is 13.4. The van der Waals surface area contributed by atoms with Crippen molar-refractivity contribution < 1.29 is 9.72 Å². The van der Waals surface area contributed by atoms with E-state index in [4.69, 9.17) is 5.84 Å². The predicted octanol–water partition coefficient (Wildman–Crippen LogP) is 0.554. The molecular formula is C12H10N4O4. The van der Waals surface area contributed by atoms with Gasteiger partial charge in [-0.1, -0.05) is 0 Å². The molecule has 0 aliphatic rings. The number of nitrogen functional groups attached to an aromatic ring is 1. The molecule has 0 radical (unpaired) electrons. The van der Waals surface area contributed by atoms with Crippen LogP contribution in [0.2, 0.25) is 0 Å². The second-order valence-electron chi connectivity index (χ2n) is 3.89. The number of hydrogen-bond donors (Lipinski definition) is 3. The standard InChI is InChI=1S/C12H10N4O4/c13-15-12(18)9-5-6-10(14-11(9)17)7-1-3-8(4-2-7)16(19)20/h1-6H,13H2,(H,14,17)(H,15,18). The monoisotopic (exact) mass is 274 g/mol. The molecule has 1 amide bonds. The van der Waals surface area contributed by atoms with Crippen molar-refractivity contribution in [2.24, 2.45) is 5.84 Å². The number of carbonyl (C=O) groups excluding carboxylic acids is 1. The minimum absolute atomic E-state index is 0.0461. The number of hydrazine groups is 1. The maximum Gasteiger partial charge on any atom is 0.270 e. The van der Waals surface area contributed by atoms with Gasteiger partial charge in [-0.2, -0.15) is 0 Å². The van der Waals surface area contributed by atoms with Crippen LogP contribution in [0.25, 0.3) is 11.3 Å². The molecule has 1 aromatic heterocycles. The summed E-state index contributed by atoms with van der Waals surface area (Å²) in [5.41, 5.74) is 2.15. The van der Waals surface area contributed by atoms with Crippen LogP contribution in [0.3, 0.4) is 0 Å². The fraction of sp³-hybridized carbons (Fsp3) is 0. The van der Waals surface area contributed by atoms with Crippen LogP contribution in [0.4, 0.5) is 5.69 Å². The maximum absolute atomic E-state index is 11.7. The van der Waals surface area contributed by atoms with E-state index in [2.05, 4.69) is 4.98 Å². The van der Waals surface area contributed by atoms with E-state index in [1.165, 1.54) is 36.4 Å². The summed E-state index contributed by atoms with van der Waals surface area (Å²) in [6.45, 7) is 0. The molecule has 0 unspecified atom stereocenters. The zero-order valence-corrected chi connectivity index (χ0v) is 10.1. The van der Waals surface area contributed by atoms with E-state index in [-0.39, 0.29) is 11.3 Å². The van der Waals surface area contributed by atoms with Crippen LogP contribution in [-0.4, -0.2) is 15.8 Å². The molecule has 2 rings (SSSR count). The zero-order valence-electron chi connectivity index (χ0n) is 10.1. The molecule has 2 aromatic rings. The minimum Gasteiger partial charge on any atom is -0.321 e. The largest absolute Gasteiger partial charge is 0.321 e. The van der Waals surface area contributed by atoms with E-state index in [0.29, 0.717) is 11.3 Å². The van der Waals surface area contributed by atoms with Crippen molar-refractivity contribution in [2.75, 3.05) is 0 Å². The number of nitrogens with two attached hydrogens (primary N) is 1. The van der Waals surface area contributed by atoms with Gasteiger partial charge in [-0.25, -0.2) is 5.84 Å². The molecule has 0 spiro atoms. The smallest absolute Gasteiger partial charge is 0.270 e. The molecule has 0 saturated carbocycles. The summed E-state index contributed by atoms with van der Waals surface area (Å²) in [5, 5.41) is 10.5. The highest BCUT2D eigenvalue weighted by Crippen LogP contribution is 2.19. The van der Waals surface area contributed by atoms with Crippen molar-refractivity contribution >= 4 is 11.6 Å². The molecule has 0 saturated heterocycles. The van der Waals surface area contributed by atoms with Crippen LogP contribution in [0.5, 0.6) is 0 Å². The highest BCUT2D eigenvalue weighted by molar-refractivity contribution is 5.93. The Morgan fingerprint density at radius 2 is 1.85 bits per heavy atom. The Labute approximate surface area is 112 Å². The summed E-state index contributed by atoms with van der Waals surface area (Å²) in [5.74, 6) is 4.26. The Balaban J connectivity index is 2.39. The summed E-state index contributed by atoms with van der Waals surface area (Å²) in [6, 6.07) is 8.52. The molecule has 1 aromatic carbocycles. The Kier molecular flexibility index (Phi) is 3.58. The van der Waals surface area contributed by atoms with Crippen molar-refractivity contribution in [2.45, 2.75) is 0 Å². The van der Waals surface area contributed by atoms with Gasteiger partial charge >= 0.3 is 0 Å². The van der Waals surface area contributed by atoms with Gasteiger partial charge in [-0.05, 0) is 29.8 Å². The minimum atomic E-state index is -0.693. The summed E-state index contributed by atoms with van der Waals surface area (Å²) in [4.78, 5) is 35.5. The number of H-pyrrole nitrogens is 1. The van der Waals surface area contributed by atoms with Gasteiger partial charge in [0, 0.05) is 17.8 Å². The van der Waals surface area contributed by atoms with E-state index >= 15 is 0 Å². The van der Waals surface area contributed by atoms with Gasteiger partial charge in [-0.3, -0.25) is 25.1 Å². The number of pyridine rings is 1. The Bertz CT molecular complexity index is 721. The Morgan fingerprint density at radius 3 is 2.35 bits per heavy atom. The number of aromatic amines is 1. The SMILES string of the molecule is NNC(=O)c1ccc(-c2ccc([N+](=O)[O-])cc2)[nH]c1=O. The molecule has 8 nitrogen and oxygen atoms in total. The Morgan fingerprint density at radius 1 is 1.20 bits per heavy atom. The highest BCUT2D eigenvalue weighted by atomic mass is 16.6. The van der Waals surface area contributed by atoms with Crippen molar-refractivity contribution in [1.82, 2.24) is 10.4 Å². The van der Waals surface area contributed by atoms with Gasteiger partial charge < -0.3 is 4.98 Å². The molecule has 0 atom stereocenters. The number of carbonyl (C=O) groups is 1. The van der Waals surface area contributed by atoms with E-state index < -0.39 is 16.4 Å². The lowest BCUT2D eigenvalue weighted by Gasteiger charge is -2.03. The molecule has 0 bridgehead atoms. The first-order valence-corrected chi connectivity index (χ1v) is 5.52. The van der Waals surface area contributed by atoms with Crippen molar-refractivity contribution in [1.29, 1.82) is 0 Å². The zero-order chi connectivity index (χ0) is 14.7. The third-order valence-corrected chi connectivity index (χ3v) is 2.67. The lowest BCUT2D eigenvalue weighted by atomic mass is 10.1. The lowest BCUT2D eigenvalue weighted by Crippen LogP contribution is -2.34. The number of amides is 1. The summed E-state index contributed by atoms with van der Waals surface area (Å²) < 4.78 is 0. The molecule has 0 aliphatic carbocycles. The molecule has 20 heavy (non-hydrogen) atoms. The number of rotatable bonds is 3. The van der Waals surface area contributed by atoms with Crippen molar-refractivity contribution in [3.8, 4) is 11.3 Å². The van der Waals surface area contributed by atoms with Crippen LogP contribution < -0.4 is 16.8 Å². The van der Waals surface area contributed by atoms with Crippen molar-refractivity contribution in [3.05, 3.63) is 62.4 Å². The van der Waals surface area contributed by atoms with Crippen LogP contribution in [-0.2, 0) is 0 Å². The predicted molar refractivity (Wildman–Crippen MR) is 70.8 cm³/mol. The molecule has 102 valence electrons.